The number of halogens is 1. The molecule has 2 aromatic carbocycles. The summed E-state index contributed by atoms with van der Waals surface area (Å²) >= 11 is 7.71. The molecule has 0 aliphatic carbocycles. The molecular formula is C22H19ClN2O3S. The Morgan fingerprint density at radius 2 is 1.93 bits per heavy atom. The van der Waals surface area contributed by atoms with Gasteiger partial charge in [-0.2, -0.15) is 0 Å². The lowest BCUT2D eigenvalue weighted by Gasteiger charge is -2.23. The highest BCUT2D eigenvalue weighted by Gasteiger charge is 2.33. The highest BCUT2D eigenvalue weighted by atomic mass is 35.5. The van der Waals surface area contributed by atoms with E-state index in [-0.39, 0.29) is 17.2 Å². The quantitative estimate of drug-likeness (QED) is 0.623. The number of carbonyl (C=O) groups excluding carboxylic acids is 2. The fourth-order valence-corrected chi connectivity index (χ4v) is 4.58. The molecule has 1 aliphatic heterocycles. The predicted molar refractivity (Wildman–Crippen MR) is 114 cm³/mol. The largest absolute Gasteiger partial charge is 0.467 e. The molecule has 0 bridgehead atoms. The third-order valence-electron chi connectivity index (χ3n) is 4.73. The molecule has 2 heterocycles. The van der Waals surface area contributed by atoms with E-state index in [0.29, 0.717) is 29.4 Å². The number of nitrogens with one attached hydrogen (secondary N) is 1. The summed E-state index contributed by atoms with van der Waals surface area (Å²) in [4.78, 5) is 26.6. The van der Waals surface area contributed by atoms with Crippen molar-refractivity contribution in [1.29, 1.82) is 0 Å². The molecular weight excluding hydrogens is 408 g/mol. The Morgan fingerprint density at radius 1 is 1.14 bits per heavy atom. The number of carbonyl (C=O) groups is 2. The van der Waals surface area contributed by atoms with Crippen LogP contribution < -0.4 is 5.32 Å². The van der Waals surface area contributed by atoms with E-state index in [4.69, 9.17) is 16.0 Å². The van der Waals surface area contributed by atoms with Crippen molar-refractivity contribution in [1.82, 2.24) is 10.2 Å². The molecule has 1 aromatic heterocycles. The lowest BCUT2D eigenvalue weighted by atomic mass is 10.1. The Bertz CT molecular complexity index is 1010. The normalized spacial score (nSPS) is 16.2. The van der Waals surface area contributed by atoms with Crippen LogP contribution in [0.4, 0.5) is 0 Å². The van der Waals surface area contributed by atoms with Crippen molar-refractivity contribution in [2.24, 2.45) is 0 Å². The van der Waals surface area contributed by atoms with Gasteiger partial charge in [-0.3, -0.25) is 9.59 Å². The maximum Gasteiger partial charge on any atom is 0.251 e. The monoisotopic (exact) mass is 426 g/mol. The van der Waals surface area contributed by atoms with Crippen LogP contribution in [0.2, 0.25) is 5.02 Å². The van der Waals surface area contributed by atoms with Crippen molar-refractivity contribution in [2.75, 3.05) is 5.75 Å². The maximum atomic E-state index is 12.5. The van der Waals surface area contributed by atoms with E-state index in [1.165, 1.54) is 0 Å². The second-order valence-corrected chi connectivity index (χ2v) is 8.14. The lowest BCUT2D eigenvalue weighted by Crippen LogP contribution is -2.27. The highest BCUT2D eigenvalue weighted by molar-refractivity contribution is 8.00. The number of nitrogens with zero attached hydrogens (tertiary/aromatic N) is 1. The zero-order chi connectivity index (χ0) is 20.2. The molecule has 7 heteroatoms. The zero-order valence-corrected chi connectivity index (χ0v) is 17.1. The minimum atomic E-state index is -0.168. The summed E-state index contributed by atoms with van der Waals surface area (Å²) in [6.45, 7) is 0.799. The number of rotatable bonds is 6. The van der Waals surface area contributed by atoms with Gasteiger partial charge in [0.15, 0.2) is 0 Å². The van der Waals surface area contributed by atoms with Crippen LogP contribution in [0.15, 0.2) is 71.3 Å². The Morgan fingerprint density at radius 3 is 2.66 bits per heavy atom. The molecule has 29 heavy (non-hydrogen) atoms. The van der Waals surface area contributed by atoms with Crippen molar-refractivity contribution < 1.29 is 14.0 Å². The van der Waals surface area contributed by atoms with Crippen LogP contribution in [0.1, 0.15) is 32.6 Å². The summed E-state index contributed by atoms with van der Waals surface area (Å²) in [5, 5.41) is 3.42. The predicted octanol–water partition coefficient (Wildman–Crippen LogP) is 4.64. The molecule has 5 nitrogen and oxygen atoms in total. The minimum absolute atomic E-state index is 0.0814. The third-order valence-corrected chi connectivity index (χ3v) is 6.35. The SMILES string of the molecule is O=C(NCc1ccccc1Cl)c1ccc([C@@H]2SCC(=O)N2Cc2ccco2)cc1. The van der Waals surface area contributed by atoms with Gasteiger partial charge in [-0.25, -0.2) is 0 Å². The summed E-state index contributed by atoms with van der Waals surface area (Å²) in [6, 6.07) is 18.5. The minimum Gasteiger partial charge on any atom is -0.467 e. The van der Waals surface area contributed by atoms with E-state index >= 15 is 0 Å². The number of amides is 2. The summed E-state index contributed by atoms with van der Waals surface area (Å²) in [7, 11) is 0. The molecule has 1 fully saturated rings. The van der Waals surface area contributed by atoms with Crippen molar-refractivity contribution in [3.63, 3.8) is 0 Å². The molecule has 4 rings (SSSR count). The number of furan rings is 1. The van der Waals surface area contributed by atoms with Gasteiger partial charge in [-0.05, 0) is 41.5 Å². The van der Waals surface area contributed by atoms with Gasteiger partial charge in [0.1, 0.15) is 11.1 Å². The smallest absolute Gasteiger partial charge is 0.251 e. The van der Waals surface area contributed by atoms with E-state index in [1.54, 1.807) is 41.1 Å². The van der Waals surface area contributed by atoms with E-state index < -0.39 is 0 Å². The molecule has 1 saturated heterocycles. The van der Waals surface area contributed by atoms with Gasteiger partial charge >= 0.3 is 0 Å². The van der Waals surface area contributed by atoms with E-state index in [2.05, 4.69) is 5.32 Å². The summed E-state index contributed by atoms with van der Waals surface area (Å²) < 4.78 is 5.38. The molecule has 2 amide bonds. The lowest BCUT2D eigenvalue weighted by molar-refractivity contribution is -0.128. The maximum absolute atomic E-state index is 12.5. The molecule has 148 valence electrons. The highest BCUT2D eigenvalue weighted by Crippen LogP contribution is 2.39. The first-order valence-electron chi connectivity index (χ1n) is 9.17. The Hall–Kier alpha value is -2.70. The van der Waals surface area contributed by atoms with Crippen LogP contribution in [0, 0.1) is 0 Å². The molecule has 0 spiro atoms. The fourth-order valence-electron chi connectivity index (χ4n) is 3.19. The van der Waals surface area contributed by atoms with Crippen LogP contribution in [0.5, 0.6) is 0 Å². The van der Waals surface area contributed by atoms with Gasteiger partial charge in [-0.1, -0.05) is 41.9 Å². The van der Waals surface area contributed by atoms with Gasteiger partial charge in [0, 0.05) is 17.1 Å². The summed E-state index contributed by atoms with van der Waals surface area (Å²) in [5.41, 5.74) is 2.41. The van der Waals surface area contributed by atoms with Crippen molar-refractivity contribution in [2.45, 2.75) is 18.5 Å². The van der Waals surface area contributed by atoms with E-state index in [0.717, 1.165) is 16.9 Å². The third kappa shape index (κ3) is 4.49. The van der Waals surface area contributed by atoms with Gasteiger partial charge in [0.05, 0.1) is 18.6 Å². The van der Waals surface area contributed by atoms with Gasteiger partial charge in [0.2, 0.25) is 5.91 Å². The van der Waals surface area contributed by atoms with Crippen LogP contribution in [-0.2, 0) is 17.9 Å². The Balaban J connectivity index is 1.42. The molecule has 0 unspecified atom stereocenters. The molecule has 1 aliphatic rings. The molecule has 0 radical (unpaired) electrons. The Kier molecular flexibility index (Phi) is 5.92. The first-order chi connectivity index (χ1) is 14.1. The standard InChI is InChI=1S/C22H19ClN2O3S/c23-19-6-2-1-4-17(19)12-24-21(27)15-7-9-16(10-8-15)22-25(20(26)14-29-22)13-18-5-3-11-28-18/h1-11,22H,12-14H2,(H,24,27)/t22-/m0/s1. The van der Waals surface area contributed by atoms with Crippen LogP contribution in [-0.4, -0.2) is 22.5 Å². The van der Waals surface area contributed by atoms with Crippen LogP contribution >= 0.6 is 23.4 Å². The molecule has 3 aromatic rings. The van der Waals surface area contributed by atoms with Gasteiger partial charge in [-0.15, -0.1) is 11.8 Å². The number of hydrogen-bond acceptors (Lipinski definition) is 4. The zero-order valence-electron chi connectivity index (χ0n) is 15.5. The van der Waals surface area contributed by atoms with E-state index in [1.807, 2.05) is 42.5 Å². The van der Waals surface area contributed by atoms with Crippen LogP contribution in [0.25, 0.3) is 0 Å². The van der Waals surface area contributed by atoms with Gasteiger partial charge in [0.25, 0.3) is 5.91 Å². The summed E-state index contributed by atoms with van der Waals surface area (Å²) in [6.07, 6.45) is 1.61. The molecule has 1 atom stereocenters. The number of benzene rings is 2. The first-order valence-corrected chi connectivity index (χ1v) is 10.6. The average molecular weight is 427 g/mol. The molecule has 1 N–H and O–H groups in total. The van der Waals surface area contributed by atoms with Gasteiger partial charge < -0.3 is 14.6 Å². The van der Waals surface area contributed by atoms with Crippen molar-refractivity contribution in [3.05, 3.63) is 94.4 Å². The fraction of sp³-hybridized carbons (Fsp3) is 0.182. The van der Waals surface area contributed by atoms with Crippen LogP contribution in [0.3, 0.4) is 0 Å². The first kappa shape index (κ1) is 19.6. The van der Waals surface area contributed by atoms with Crippen molar-refractivity contribution >= 4 is 35.2 Å². The number of thioether (sulfide) groups is 1. The topological polar surface area (TPSA) is 62.6 Å². The second-order valence-electron chi connectivity index (χ2n) is 6.66. The average Bonchev–Trinajstić information content (AvgIpc) is 3.38. The summed E-state index contributed by atoms with van der Waals surface area (Å²) in [5.74, 6) is 1.10. The number of hydrogen-bond donors (Lipinski definition) is 1. The second kappa shape index (κ2) is 8.76. The molecule has 0 saturated carbocycles. The van der Waals surface area contributed by atoms with E-state index in [9.17, 15) is 9.59 Å². The Labute approximate surface area is 178 Å². The van der Waals surface area contributed by atoms with Crippen molar-refractivity contribution in [3.8, 4) is 0 Å².